The van der Waals surface area contributed by atoms with E-state index in [0.29, 0.717) is 6.54 Å². The Kier molecular flexibility index (Phi) is 2.74. The van der Waals surface area contributed by atoms with Crippen molar-refractivity contribution in [1.82, 2.24) is 14.3 Å². The molecule has 0 radical (unpaired) electrons. The zero-order chi connectivity index (χ0) is 14.4. The van der Waals surface area contributed by atoms with E-state index in [2.05, 4.69) is 5.16 Å². The number of aryl methyl sites for hydroxylation is 2. The Hall–Kier alpha value is -2.30. The van der Waals surface area contributed by atoms with Crippen LogP contribution in [0.15, 0.2) is 33.6 Å². The molecule has 5 nitrogen and oxygen atoms in total. The maximum absolute atomic E-state index is 12.5. The predicted octanol–water partition coefficient (Wildman–Crippen LogP) is 2.26. The average Bonchev–Trinajstić information content (AvgIpc) is 3.04. The van der Waals surface area contributed by atoms with Crippen LogP contribution in [0.4, 0.5) is 0 Å². The summed E-state index contributed by atoms with van der Waals surface area (Å²) in [5.41, 5.74) is 3.99. The molecule has 0 saturated carbocycles. The molecule has 1 aliphatic rings. The van der Waals surface area contributed by atoms with Gasteiger partial charge in [0.2, 0.25) is 0 Å². The van der Waals surface area contributed by atoms with Crippen LogP contribution in [0.2, 0.25) is 0 Å². The van der Waals surface area contributed by atoms with Crippen LogP contribution in [0.3, 0.4) is 0 Å². The summed E-state index contributed by atoms with van der Waals surface area (Å²) in [5.74, 6) is 1.00. The van der Waals surface area contributed by atoms with E-state index in [1.165, 1.54) is 12.0 Å². The van der Waals surface area contributed by atoms with Gasteiger partial charge in [-0.05, 0) is 31.4 Å². The molecule has 2 aromatic heterocycles. The fraction of sp³-hybridized carbons (Fsp3) is 0.375. The first-order valence-corrected chi connectivity index (χ1v) is 7.36. The summed E-state index contributed by atoms with van der Waals surface area (Å²) in [7, 11) is 1.80. The van der Waals surface area contributed by atoms with E-state index in [-0.39, 0.29) is 5.69 Å². The molecular weight excluding hydrogens is 266 g/mol. The highest BCUT2D eigenvalue weighted by atomic mass is 16.5. The smallest absolute Gasteiger partial charge is 0.329 e. The molecule has 0 saturated heterocycles. The van der Waals surface area contributed by atoms with Gasteiger partial charge in [0.1, 0.15) is 11.5 Å². The Morgan fingerprint density at radius 1 is 1.19 bits per heavy atom. The Balaban J connectivity index is 1.83. The predicted molar refractivity (Wildman–Crippen MR) is 79.4 cm³/mol. The minimum Gasteiger partial charge on any atom is -0.361 e. The second kappa shape index (κ2) is 4.62. The van der Waals surface area contributed by atoms with Crippen molar-refractivity contribution >= 4 is 11.0 Å². The zero-order valence-corrected chi connectivity index (χ0v) is 12.0. The molecule has 0 unspecified atom stereocenters. The second-order valence-corrected chi connectivity index (χ2v) is 5.65. The zero-order valence-electron chi connectivity index (χ0n) is 12.0. The molecule has 0 fully saturated rings. The van der Waals surface area contributed by atoms with Gasteiger partial charge in [-0.2, -0.15) is 0 Å². The summed E-state index contributed by atoms with van der Waals surface area (Å²) in [6.45, 7) is 0.485. The molecule has 0 bridgehead atoms. The maximum atomic E-state index is 12.5. The van der Waals surface area contributed by atoms with Gasteiger partial charge in [-0.15, -0.1) is 0 Å². The maximum Gasteiger partial charge on any atom is 0.329 e. The normalized spacial score (nSPS) is 14.5. The molecule has 21 heavy (non-hydrogen) atoms. The standard InChI is InChI=1S/C16H17N3O2/c1-18-13-7-3-4-8-14(13)19(16(18)20)10-12-11-6-2-5-9-15(11)21-17-12/h3-4,7-8H,2,5-6,9-10H2,1H3. The molecule has 2 heterocycles. The highest BCUT2D eigenvalue weighted by Gasteiger charge is 2.21. The van der Waals surface area contributed by atoms with Crippen molar-refractivity contribution in [2.75, 3.05) is 0 Å². The summed E-state index contributed by atoms with van der Waals surface area (Å²) in [5, 5.41) is 4.21. The van der Waals surface area contributed by atoms with Crippen LogP contribution in [-0.4, -0.2) is 14.3 Å². The van der Waals surface area contributed by atoms with Gasteiger partial charge >= 0.3 is 5.69 Å². The molecule has 0 atom stereocenters. The van der Waals surface area contributed by atoms with Crippen molar-refractivity contribution < 1.29 is 4.52 Å². The molecule has 3 aromatic rings. The van der Waals surface area contributed by atoms with Gasteiger partial charge < -0.3 is 4.52 Å². The third-order valence-corrected chi connectivity index (χ3v) is 4.39. The van der Waals surface area contributed by atoms with Crippen molar-refractivity contribution in [3.05, 3.63) is 51.8 Å². The van der Waals surface area contributed by atoms with E-state index in [0.717, 1.165) is 41.8 Å². The molecule has 1 aliphatic carbocycles. The number of para-hydroxylation sites is 2. The SMILES string of the molecule is Cn1c(=O)n(Cc2noc3c2CCCC3)c2ccccc21. The third-order valence-electron chi connectivity index (χ3n) is 4.39. The van der Waals surface area contributed by atoms with E-state index in [4.69, 9.17) is 4.52 Å². The number of hydrogen-bond acceptors (Lipinski definition) is 3. The molecule has 0 spiro atoms. The molecule has 108 valence electrons. The highest BCUT2D eigenvalue weighted by molar-refractivity contribution is 5.75. The fourth-order valence-electron chi connectivity index (χ4n) is 3.24. The van der Waals surface area contributed by atoms with Crippen molar-refractivity contribution in [3.8, 4) is 0 Å². The number of imidazole rings is 1. The van der Waals surface area contributed by atoms with Gasteiger partial charge in [-0.3, -0.25) is 9.13 Å². The highest BCUT2D eigenvalue weighted by Crippen LogP contribution is 2.25. The van der Waals surface area contributed by atoms with Gasteiger partial charge in [0, 0.05) is 19.0 Å². The Bertz CT molecular complexity index is 869. The minimum atomic E-state index is -0.0104. The number of hydrogen-bond donors (Lipinski definition) is 0. The topological polar surface area (TPSA) is 53.0 Å². The van der Waals surface area contributed by atoms with Gasteiger partial charge in [0.15, 0.2) is 0 Å². The fourth-order valence-corrected chi connectivity index (χ4v) is 3.24. The second-order valence-electron chi connectivity index (χ2n) is 5.65. The quantitative estimate of drug-likeness (QED) is 0.725. The average molecular weight is 283 g/mol. The minimum absolute atomic E-state index is 0.0104. The van der Waals surface area contributed by atoms with E-state index in [1.54, 1.807) is 16.2 Å². The molecular formula is C16H17N3O2. The largest absolute Gasteiger partial charge is 0.361 e. The lowest BCUT2D eigenvalue weighted by Gasteiger charge is -2.09. The van der Waals surface area contributed by atoms with Gasteiger partial charge in [-0.1, -0.05) is 17.3 Å². The van der Waals surface area contributed by atoms with Crippen LogP contribution >= 0.6 is 0 Å². The monoisotopic (exact) mass is 283 g/mol. The summed E-state index contributed by atoms with van der Waals surface area (Å²) >= 11 is 0. The van der Waals surface area contributed by atoms with Crippen molar-refractivity contribution in [2.24, 2.45) is 7.05 Å². The lowest BCUT2D eigenvalue weighted by molar-refractivity contribution is 0.367. The van der Waals surface area contributed by atoms with E-state index >= 15 is 0 Å². The number of nitrogens with zero attached hydrogens (tertiary/aromatic N) is 3. The summed E-state index contributed by atoms with van der Waals surface area (Å²) in [6, 6.07) is 7.84. The van der Waals surface area contributed by atoms with Crippen LogP contribution in [0.1, 0.15) is 29.9 Å². The van der Waals surface area contributed by atoms with Crippen LogP contribution in [0.5, 0.6) is 0 Å². The number of benzene rings is 1. The Morgan fingerprint density at radius 2 is 1.95 bits per heavy atom. The lowest BCUT2D eigenvalue weighted by atomic mass is 9.96. The third kappa shape index (κ3) is 1.84. The van der Waals surface area contributed by atoms with Crippen molar-refractivity contribution in [2.45, 2.75) is 32.2 Å². The van der Waals surface area contributed by atoms with E-state index in [9.17, 15) is 4.79 Å². The van der Waals surface area contributed by atoms with Crippen molar-refractivity contribution in [1.29, 1.82) is 0 Å². The molecule has 0 amide bonds. The number of rotatable bonds is 2. The Morgan fingerprint density at radius 3 is 2.81 bits per heavy atom. The molecule has 0 aliphatic heterocycles. The molecule has 4 rings (SSSR count). The number of aromatic nitrogens is 3. The first-order chi connectivity index (χ1) is 10.3. The van der Waals surface area contributed by atoms with Gasteiger partial charge in [0.25, 0.3) is 0 Å². The molecule has 5 heteroatoms. The summed E-state index contributed by atoms with van der Waals surface area (Å²) < 4.78 is 8.91. The van der Waals surface area contributed by atoms with Gasteiger partial charge in [0.05, 0.1) is 17.6 Å². The van der Waals surface area contributed by atoms with Crippen LogP contribution in [-0.2, 0) is 26.4 Å². The Labute approximate surface area is 121 Å². The van der Waals surface area contributed by atoms with E-state index in [1.807, 2.05) is 24.3 Å². The number of fused-ring (bicyclic) bond motifs is 2. The lowest BCUT2D eigenvalue weighted by Crippen LogP contribution is -2.23. The van der Waals surface area contributed by atoms with Crippen LogP contribution in [0, 0.1) is 0 Å². The van der Waals surface area contributed by atoms with Gasteiger partial charge in [-0.25, -0.2) is 4.79 Å². The van der Waals surface area contributed by atoms with Crippen molar-refractivity contribution in [3.63, 3.8) is 0 Å². The van der Waals surface area contributed by atoms with Crippen LogP contribution < -0.4 is 5.69 Å². The first kappa shape index (κ1) is 12.4. The molecule has 1 aromatic carbocycles. The summed E-state index contributed by atoms with van der Waals surface area (Å²) in [6.07, 6.45) is 4.31. The van der Waals surface area contributed by atoms with E-state index < -0.39 is 0 Å². The van der Waals surface area contributed by atoms with Crippen LogP contribution in [0.25, 0.3) is 11.0 Å². The summed E-state index contributed by atoms with van der Waals surface area (Å²) in [4.78, 5) is 12.5. The first-order valence-electron chi connectivity index (χ1n) is 7.36. The molecule has 0 N–H and O–H groups in total.